The molecule has 1 aliphatic rings. The molecule has 5 heteroatoms. The van der Waals surface area contributed by atoms with Gasteiger partial charge in [-0.05, 0) is 29.8 Å². The monoisotopic (exact) mass is 320 g/mol. The van der Waals surface area contributed by atoms with E-state index in [2.05, 4.69) is 16.0 Å². The van der Waals surface area contributed by atoms with Crippen molar-refractivity contribution in [1.29, 1.82) is 5.26 Å². The number of aromatic nitrogens is 1. The first-order valence-electron chi connectivity index (χ1n) is 8.13. The smallest absolute Gasteiger partial charge is 0.224 e. The summed E-state index contributed by atoms with van der Waals surface area (Å²) in [7, 11) is 0. The second-order valence-corrected chi connectivity index (χ2v) is 5.97. The van der Waals surface area contributed by atoms with E-state index in [0.717, 1.165) is 30.9 Å². The van der Waals surface area contributed by atoms with Crippen LogP contribution in [0.4, 0.5) is 0 Å². The summed E-state index contributed by atoms with van der Waals surface area (Å²) in [5.41, 5.74) is 2.70. The molecule has 3 rings (SSSR count). The molecule has 1 aromatic carbocycles. The molecule has 2 aromatic rings. The Morgan fingerprint density at radius 3 is 2.79 bits per heavy atom. The van der Waals surface area contributed by atoms with Crippen LogP contribution in [-0.4, -0.2) is 40.3 Å². The van der Waals surface area contributed by atoms with Gasteiger partial charge in [0.15, 0.2) is 0 Å². The van der Waals surface area contributed by atoms with E-state index in [-0.39, 0.29) is 5.91 Å². The summed E-state index contributed by atoms with van der Waals surface area (Å²) in [5, 5.41) is 9.00. The quantitative estimate of drug-likeness (QED) is 0.866. The van der Waals surface area contributed by atoms with Crippen molar-refractivity contribution in [3.05, 3.63) is 65.5 Å². The Kier molecular flexibility index (Phi) is 5.19. The highest BCUT2D eigenvalue weighted by Gasteiger charge is 2.21. The number of benzene rings is 1. The van der Waals surface area contributed by atoms with Crippen LogP contribution >= 0.6 is 0 Å². The largest absolute Gasteiger partial charge is 0.335 e. The molecule has 0 spiro atoms. The van der Waals surface area contributed by atoms with Crippen LogP contribution in [-0.2, 0) is 17.9 Å². The lowest BCUT2D eigenvalue weighted by molar-refractivity contribution is -0.131. The van der Waals surface area contributed by atoms with Crippen LogP contribution in [0, 0.1) is 11.3 Å². The van der Waals surface area contributed by atoms with Gasteiger partial charge in [0, 0.05) is 38.8 Å². The number of carbonyl (C=O) groups excluding carboxylic acids is 1. The van der Waals surface area contributed by atoms with E-state index in [1.165, 1.54) is 0 Å². The molecule has 122 valence electrons. The zero-order valence-corrected chi connectivity index (χ0v) is 13.6. The Morgan fingerprint density at radius 1 is 1.08 bits per heavy atom. The van der Waals surface area contributed by atoms with E-state index in [1.807, 2.05) is 47.4 Å². The fourth-order valence-corrected chi connectivity index (χ4v) is 2.92. The predicted octanol–water partition coefficient (Wildman–Crippen LogP) is 2.19. The van der Waals surface area contributed by atoms with Crippen LogP contribution in [0.5, 0.6) is 0 Å². The van der Waals surface area contributed by atoms with Gasteiger partial charge in [-0.3, -0.25) is 14.7 Å². The molecule has 1 fully saturated rings. The van der Waals surface area contributed by atoms with Gasteiger partial charge in [-0.1, -0.05) is 18.2 Å². The Labute approximate surface area is 142 Å². The first-order valence-corrected chi connectivity index (χ1v) is 8.13. The van der Waals surface area contributed by atoms with Crippen molar-refractivity contribution < 1.29 is 4.79 Å². The van der Waals surface area contributed by atoms with Crippen LogP contribution < -0.4 is 0 Å². The molecular formula is C19H20N4O. The molecule has 5 nitrogen and oxygen atoms in total. The summed E-state index contributed by atoms with van der Waals surface area (Å²) in [6.07, 6.45) is 2.27. The van der Waals surface area contributed by atoms with E-state index in [0.29, 0.717) is 25.1 Å². The lowest BCUT2D eigenvalue weighted by Gasteiger charge is -2.22. The van der Waals surface area contributed by atoms with Crippen molar-refractivity contribution in [2.45, 2.75) is 19.5 Å². The highest BCUT2D eigenvalue weighted by Crippen LogP contribution is 2.13. The van der Waals surface area contributed by atoms with Gasteiger partial charge in [0.05, 0.1) is 23.9 Å². The SMILES string of the molecule is N#Cc1cccc(CN2CCC(=O)N(Cc3ccccn3)CC2)c1. The van der Waals surface area contributed by atoms with Gasteiger partial charge >= 0.3 is 0 Å². The Balaban J connectivity index is 1.61. The number of nitriles is 1. The summed E-state index contributed by atoms with van der Waals surface area (Å²) in [4.78, 5) is 20.8. The van der Waals surface area contributed by atoms with Crippen molar-refractivity contribution >= 4 is 5.91 Å². The Bertz CT molecular complexity index is 739. The van der Waals surface area contributed by atoms with Gasteiger partial charge in [-0.25, -0.2) is 0 Å². The van der Waals surface area contributed by atoms with Crippen LogP contribution in [0.1, 0.15) is 23.2 Å². The fourth-order valence-electron chi connectivity index (χ4n) is 2.92. The second-order valence-electron chi connectivity index (χ2n) is 5.97. The third kappa shape index (κ3) is 4.18. The highest BCUT2D eigenvalue weighted by molar-refractivity contribution is 5.76. The number of hydrogen-bond acceptors (Lipinski definition) is 4. The molecule has 0 bridgehead atoms. The minimum Gasteiger partial charge on any atom is -0.335 e. The molecule has 0 radical (unpaired) electrons. The average molecular weight is 320 g/mol. The third-order valence-corrected chi connectivity index (χ3v) is 4.22. The van der Waals surface area contributed by atoms with E-state index in [9.17, 15) is 4.79 Å². The number of carbonyl (C=O) groups is 1. The minimum absolute atomic E-state index is 0.175. The molecule has 1 amide bonds. The molecular weight excluding hydrogens is 300 g/mol. The predicted molar refractivity (Wildman–Crippen MR) is 90.7 cm³/mol. The summed E-state index contributed by atoms with van der Waals surface area (Å²) >= 11 is 0. The normalized spacial score (nSPS) is 15.8. The van der Waals surface area contributed by atoms with Gasteiger partial charge in [0.25, 0.3) is 0 Å². The van der Waals surface area contributed by atoms with E-state index in [4.69, 9.17) is 5.26 Å². The molecule has 24 heavy (non-hydrogen) atoms. The summed E-state index contributed by atoms with van der Waals surface area (Å²) in [5.74, 6) is 0.175. The molecule has 0 N–H and O–H groups in total. The number of hydrogen-bond donors (Lipinski definition) is 0. The first-order chi connectivity index (χ1) is 11.7. The summed E-state index contributed by atoms with van der Waals surface area (Å²) < 4.78 is 0. The highest BCUT2D eigenvalue weighted by atomic mass is 16.2. The minimum atomic E-state index is 0.175. The van der Waals surface area contributed by atoms with Gasteiger partial charge in [-0.2, -0.15) is 5.26 Å². The maximum atomic E-state index is 12.3. The standard InChI is InChI=1S/C19H20N4O/c20-13-16-4-3-5-17(12-16)14-22-9-7-19(24)23(11-10-22)15-18-6-1-2-8-21-18/h1-6,8,12H,7,9-11,14-15H2. The number of amides is 1. The van der Waals surface area contributed by atoms with Gasteiger partial charge in [0.1, 0.15) is 0 Å². The van der Waals surface area contributed by atoms with Gasteiger partial charge in [0.2, 0.25) is 5.91 Å². The van der Waals surface area contributed by atoms with E-state index < -0.39 is 0 Å². The second kappa shape index (κ2) is 7.71. The Morgan fingerprint density at radius 2 is 2.00 bits per heavy atom. The molecule has 1 saturated heterocycles. The van der Waals surface area contributed by atoms with Crippen molar-refractivity contribution in [2.24, 2.45) is 0 Å². The average Bonchev–Trinajstić information content (AvgIpc) is 2.79. The van der Waals surface area contributed by atoms with Crippen molar-refractivity contribution in [3.63, 3.8) is 0 Å². The maximum absolute atomic E-state index is 12.3. The number of nitrogens with zero attached hydrogens (tertiary/aromatic N) is 4. The molecule has 0 unspecified atom stereocenters. The van der Waals surface area contributed by atoms with Crippen molar-refractivity contribution in [2.75, 3.05) is 19.6 Å². The van der Waals surface area contributed by atoms with Crippen molar-refractivity contribution in [3.8, 4) is 6.07 Å². The lowest BCUT2D eigenvalue weighted by atomic mass is 10.1. The van der Waals surface area contributed by atoms with Gasteiger partial charge in [-0.15, -0.1) is 0 Å². The molecule has 1 aliphatic heterocycles. The number of pyridine rings is 1. The number of rotatable bonds is 4. The Hall–Kier alpha value is -2.71. The summed E-state index contributed by atoms with van der Waals surface area (Å²) in [6.45, 7) is 3.61. The van der Waals surface area contributed by atoms with Crippen LogP contribution in [0.2, 0.25) is 0 Å². The lowest BCUT2D eigenvalue weighted by Crippen LogP contribution is -2.33. The van der Waals surface area contributed by atoms with Crippen LogP contribution in [0.15, 0.2) is 48.7 Å². The third-order valence-electron chi connectivity index (χ3n) is 4.22. The zero-order valence-electron chi connectivity index (χ0n) is 13.6. The molecule has 2 heterocycles. The van der Waals surface area contributed by atoms with Crippen molar-refractivity contribution in [1.82, 2.24) is 14.8 Å². The van der Waals surface area contributed by atoms with E-state index in [1.54, 1.807) is 6.20 Å². The maximum Gasteiger partial charge on any atom is 0.224 e. The van der Waals surface area contributed by atoms with Crippen LogP contribution in [0.3, 0.4) is 0 Å². The zero-order chi connectivity index (χ0) is 16.8. The summed E-state index contributed by atoms with van der Waals surface area (Å²) in [6, 6.07) is 15.6. The van der Waals surface area contributed by atoms with Gasteiger partial charge < -0.3 is 4.90 Å². The molecule has 0 saturated carbocycles. The topological polar surface area (TPSA) is 60.2 Å². The van der Waals surface area contributed by atoms with E-state index >= 15 is 0 Å². The van der Waals surface area contributed by atoms with Crippen LogP contribution in [0.25, 0.3) is 0 Å². The fraction of sp³-hybridized carbons (Fsp3) is 0.316. The molecule has 1 aromatic heterocycles. The first kappa shape index (κ1) is 16.2. The molecule has 0 aliphatic carbocycles. The molecule has 0 atom stereocenters.